The molecule has 1 aliphatic rings. The Balaban J connectivity index is 2.62. The maximum Gasteiger partial charge on any atom is 0.410 e. The summed E-state index contributed by atoms with van der Waals surface area (Å²) in [6, 6.07) is 0.110. The monoisotopic (exact) mass is 342 g/mol. The van der Waals surface area contributed by atoms with Gasteiger partial charge in [-0.3, -0.25) is 0 Å². The van der Waals surface area contributed by atoms with Crippen LogP contribution in [0.25, 0.3) is 0 Å². The summed E-state index contributed by atoms with van der Waals surface area (Å²) in [5.41, 5.74) is -0.987. The first-order chi connectivity index (χ1) is 10.9. The average molecular weight is 342 g/mol. The van der Waals surface area contributed by atoms with Crippen LogP contribution in [-0.2, 0) is 9.47 Å². The Bertz CT molecular complexity index is 429. The lowest BCUT2D eigenvalue weighted by Gasteiger charge is -2.39. The number of nitrogens with zero attached hydrogens (tertiary/aromatic N) is 2. The zero-order chi connectivity index (χ0) is 18.5. The van der Waals surface area contributed by atoms with E-state index in [0.29, 0.717) is 19.6 Å². The van der Waals surface area contributed by atoms with Gasteiger partial charge in [0.1, 0.15) is 11.2 Å². The van der Waals surface area contributed by atoms with Crippen molar-refractivity contribution in [1.29, 1.82) is 0 Å². The molecule has 1 rings (SSSR count). The standard InChI is InChI=1S/C18H34N2O4/c1-8-11-20(16(22)24-18(5,6)7)14-9-12-19(13-10-14)15(21)23-17(2,3)4/h14H,8-13H2,1-7H3. The van der Waals surface area contributed by atoms with Crippen molar-refractivity contribution >= 4 is 12.2 Å². The van der Waals surface area contributed by atoms with Crippen molar-refractivity contribution in [1.82, 2.24) is 9.80 Å². The predicted octanol–water partition coefficient (Wildman–Crippen LogP) is 4.03. The third-order valence-electron chi connectivity index (χ3n) is 3.65. The molecule has 1 aliphatic heterocycles. The van der Waals surface area contributed by atoms with E-state index in [4.69, 9.17) is 9.47 Å². The van der Waals surface area contributed by atoms with Crippen LogP contribution in [0.2, 0.25) is 0 Å². The van der Waals surface area contributed by atoms with Crippen LogP contribution in [0.15, 0.2) is 0 Å². The van der Waals surface area contributed by atoms with Gasteiger partial charge < -0.3 is 19.3 Å². The zero-order valence-corrected chi connectivity index (χ0v) is 16.3. The highest BCUT2D eigenvalue weighted by Crippen LogP contribution is 2.21. The number of carbonyl (C=O) groups excluding carboxylic acids is 2. The Morgan fingerprint density at radius 3 is 1.92 bits per heavy atom. The molecule has 0 bridgehead atoms. The molecule has 24 heavy (non-hydrogen) atoms. The molecule has 0 saturated carbocycles. The first-order valence-electron chi connectivity index (χ1n) is 8.90. The van der Waals surface area contributed by atoms with Gasteiger partial charge in [0.05, 0.1) is 0 Å². The summed E-state index contributed by atoms with van der Waals surface area (Å²) in [7, 11) is 0. The van der Waals surface area contributed by atoms with Crippen LogP contribution in [0.5, 0.6) is 0 Å². The van der Waals surface area contributed by atoms with Gasteiger partial charge in [-0.1, -0.05) is 6.92 Å². The predicted molar refractivity (Wildman–Crippen MR) is 94.1 cm³/mol. The van der Waals surface area contributed by atoms with Gasteiger partial charge in [-0.2, -0.15) is 0 Å². The number of carbonyl (C=O) groups is 2. The second-order valence-electron chi connectivity index (χ2n) is 8.37. The molecule has 0 N–H and O–H groups in total. The fraction of sp³-hybridized carbons (Fsp3) is 0.889. The first kappa shape index (κ1) is 20.6. The molecule has 0 atom stereocenters. The van der Waals surface area contributed by atoms with Crippen molar-refractivity contribution in [3.05, 3.63) is 0 Å². The summed E-state index contributed by atoms with van der Waals surface area (Å²) >= 11 is 0. The number of rotatable bonds is 3. The van der Waals surface area contributed by atoms with Gasteiger partial charge in [0.25, 0.3) is 0 Å². The van der Waals surface area contributed by atoms with Crippen LogP contribution in [0, 0.1) is 0 Å². The minimum Gasteiger partial charge on any atom is -0.444 e. The maximum atomic E-state index is 12.4. The third-order valence-corrected chi connectivity index (χ3v) is 3.65. The molecule has 1 fully saturated rings. The Labute approximate surface area is 146 Å². The average Bonchev–Trinajstić information content (AvgIpc) is 2.41. The molecule has 0 aromatic heterocycles. The molecular weight excluding hydrogens is 308 g/mol. The summed E-state index contributed by atoms with van der Waals surface area (Å²) in [5.74, 6) is 0. The van der Waals surface area contributed by atoms with Gasteiger partial charge in [0, 0.05) is 25.7 Å². The van der Waals surface area contributed by atoms with Crippen LogP contribution in [-0.4, -0.2) is 58.9 Å². The van der Waals surface area contributed by atoms with Gasteiger partial charge in [-0.15, -0.1) is 0 Å². The SMILES string of the molecule is CCCN(C(=O)OC(C)(C)C)C1CCN(C(=O)OC(C)(C)C)CC1. The number of likely N-dealkylation sites (tertiary alicyclic amines) is 1. The molecule has 1 saturated heterocycles. The second-order valence-corrected chi connectivity index (χ2v) is 8.37. The van der Waals surface area contributed by atoms with Crippen LogP contribution >= 0.6 is 0 Å². The van der Waals surface area contributed by atoms with E-state index in [1.807, 2.05) is 53.4 Å². The third kappa shape index (κ3) is 6.97. The molecule has 140 valence electrons. The summed E-state index contributed by atoms with van der Waals surface area (Å²) in [5, 5.41) is 0. The maximum absolute atomic E-state index is 12.4. The van der Waals surface area contributed by atoms with Crippen LogP contribution in [0.1, 0.15) is 67.7 Å². The molecule has 0 aliphatic carbocycles. The fourth-order valence-corrected chi connectivity index (χ4v) is 2.67. The summed E-state index contributed by atoms with van der Waals surface area (Å²) < 4.78 is 10.9. The normalized spacial score (nSPS) is 16.7. The molecule has 0 radical (unpaired) electrons. The number of piperidine rings is 1. The van der Waals surface area contributed by atoms with Crippen LogP contribution in [0.4, 0.5) is 9.59 Å². The lowest BCUT2D eigenvalue weighted by molar-refractivity contribution is 0.000465. The van der Waals surface area contributed by atoms with E-state index >= 15 is 0 Å². The van der Waals surface area contributed by atoms with Crippen molar-refractivity contribution in [2.24, 2.45) is 0 Å². The van der Waals surface area contributed by atoms with Crippen molar-refractivity contribution in [3.63, 3.8) is 0 Å². The summed E-state index contributed by atoms with van der Waals surface area (Å²) in [6.07, 6.45) is 1.84. The van der Waals surface area contributed by atoms with E-state index in [0.717, 1.165) is 19.3 Å². The summed E-state index contributed by atoms with van der Waals surface area (Å²) in [4.78, 5) is 28.1. The fourth-order valence-electron chi connectivity index (χ4n) is 2.67. The molecule has 0 aromatic carbocycles. The van der Waals surface area contributed by atoms with E-state index in [2.05, 4.69) is 0 Å². The minimum atomic E-state index is -0.500. The zero-order valence-electron chi connectivity index (χ0n) is 16.3. The van der Waals surface area contributed by atoms with Crippen LogP contribution in [0.3, 0.4) is 0 Å². The molecule has 1 heterocycles. The van der Waals surface area contributed by atoms with E-state index < -0.39 is 11.2 Å². The number of hydrogen-bond acceptors (Lipinski definition) is 4. The minimum absolute atomic E-state index is 0.110. The second kappa shape index (κ2) is 8.08. The molecule has 2 amide bonds. The van der Waals surface area contributed by atoms with Gasteiger partial charge in [-0.05, 0) is 60.8 Å². The Morgan fingerprint density at radius 1 is 1.00 bits per heavy atom. The highest BCUT2D eigenvalue weighted by Gasteiger charge is 2.33. The van der Waals surface area contributed by atoms with Gasteiger partial charge in [0.15, 0.2) is 0 Å². The van der Waals surface area contributed by atoms with Crippen molar-refractivity contribution < 1.29 is 19.1 Å². The van der Waals surface area contributed by atoms with Crippen molar-refractivity contribution in [2.75, 3.05) is 19.6 Å². The number of hydrogen-bond donors (Lipinski definition) is 0. The molecule has 0 spiro atoms. The van der Waals surface area contributed by atoms with Gasteiger partial charge in [-0.25, -0.2) is 9.59 Å². The van der Waals surface area contributed by atoms with E-state index in [1.165, 1.54) is 0 Å². The first-order valence-corrected chi connectivity index (χ1v) is 8.90. The molecular formula is C18H34N2O4. The van der Waals surface area contributed by atoms with E-state index in [-0.39, 0.29) is 18.2 Å². The van der Waals surface area contributed by atoms with Crippen molar-refractivity contribution in [2.45, 2.75) is 85.0 Å². The molecule has 0 unspecified atom stereocenters. The van der Waals surface area contributed by atoms with E-state index in [9.17, 15) is 9.59 Å². The lowest BCUT2D eigenvalue weighted by Crippen LogP contribution is -2.50. The largest absolute Gasteiger partial charge is 0.444 e. The van der Waals surface area contributed by atoms with Crippen LogP contribution < -0.4 is 0 Å². The highest BCUT2D eigenvalue weighted by molar-refractivity contribution is 5.69. The van der Waals surface area contributed by atoms with Crippen molar-refractivity contribution in [3.8, 4) is 0 Å². The molecule has 0 aromatic rings. The van der Waals surface area contributed by atoms with Gasteiger partial charge in [0.2, 0.25) is 0 Å². The molecule has 6 heteroatoms. The smallest absolute Gasteiger partial charge is 0.410 e. The topological polar surface area (TPSA) is 59.1 Å². The van der Waals surface area contributed by atoms with E-state index in [1.54, 1.807) is 4.90 Å². The Morgan fingerprint density at radius 2 is 1.50 bits per heavy atom. The summed E-state index contributed by atoms with van der Waals surface area (Å²) in [6.45, 7) is 15.1. The molecule has 6 nitrogen and oxygen atoms in total. The quantitative estimate of drug-likeness (QED) is 0.777. The number of amides is 2. The Kier molecular flexibility index (Phi) is 6.93. The highest BCUT2D eigenvalue weighted by atomic mass is 16.6. The lowest BCUT2D eigenvalue weighted by atomic mass is 10.0. The van der Waals surface area contributed by atoms with Gasteiger partial charge >= 0.3 is 12.2 Å². The number of ether oxygens (including phenoxy) is 2. The Hall–Kier alpha value is -1.46.